The lowest BCUT2D eigenvalue weighted by Crippen LogP contribution is -2.49. The number of carbonyl (C=O) groups is 2. The summed E-state index contributed by atoms with van der Waals surface area (Å²) in [5, 5.41) is 51.5. The van der Waals surface area contributed by atoms with E-state index >= 15 is 0 Å². The van der Waals surface area contributed by atoms with Gasteiger partial charge in [0.05, 0.1) is 0 Å². The van der Waals surface area contributed by atoms with Crippen LogP contribution in [0.4, 0.5) is 0 Å². The third kappa shape index (κ3) is 11.8. The Bertz CT molecular complexity index is 230. The number of carboxylic acids is 2. The predicted molar refractivity (Wildman–Crippen MR) is 71.2 cm³/mol. The molecule has 0 aromatic rings. The van der Waals surface area contributed by atoms with E-state index in [9.17, 15) is 9.59 Å². The van der Waals surface area contributed by atoms with Crippen LogP contribution in [0.1, 0.15) is 40.5 Å². The highest BCUT2D eigenvalue weighted by Gasteiger charge is 2.37. The fraction of sp³-hybridized carbons (Fsp3) is 0.833. The summed E-state index contributed by atoms with van der Waals surface area (Å²) < 4.78 is 0. The van der Waals surface area contributed by atoms with E-state index in [1.54, 1.807) is 0 Å². The average molecular weight is 298 g/mol. The Morgan fingerprint density at radius 2 is 0.850 bits per heavy atom. The molecule has 0 radical (unpaired) electrons. The molecular formula is C12H26O8. The second-order valence-electron chi connectivity index (χ2n) is 3.96. The van der Waals surface area contributed by atoms with Crippen molar-refractivity contribution in [3.63, 3.8) is 0 Å². The van der Waals surface area contributed by atoms with Crippen molar-refractivity contribution in [1.82, 2.24) is 0 Å². The largest absolute Gasteiger partial charge is 0.479 e. The standard InChI is InChI=1S/C6H10O8.2C3H8/c7-1(3(9)5(11)12)2(8)4(10)6(13)14;2*1-3-2/h1-4,7-10H,(H,11,12)(H,13,14);2*3H2,1-2H3/t1-,2+,3+,4-;;. The van der Waals surface area contributed by atoms with Crippen LogP contribution in [0.2, 0.25) is 0 Å². The molecule has 0 heterocycles. The van der Waals surface area contributed by atoms with E-state index in [-0.39, 0.29) is 0 Å². The Morgan fingerprint density at radius 1 is 0.700 bits per heavy atom. The van der Waals surface area contributed by atoms with E-state index in [2.05, 4.69) is 27.7 Å². The lowest BCUT2D eigenvalue weighted by Gasteiger charge is -2.21. The summed E-state index contributed by atoms with van der Waals surface area (Å²) >= 11 is 0. The topological polar surface area (TPSA) is 156 Å². The van der Waals surface area contributed by atoms with Crippen LogP contribution in [0.3, 0.4) is 0 Å². The SMILES string of the molecule is CCC.CCC.O=C(O)[C@@H](O)[C@H](O)[C@H](O)[C@@H](O)C(=O)O. The van der Waals surface area contributed by atoms with Gasteiger partial charge in [-0.2, -0.15) is 0 Å². The Morgan fingerprint density at radius 3 is 0.950 bits per heavy atom. The van der Waals surface area contributed by atoms with E-state index in [1.165, 1.54) is 12.8 Å². The molecule has 8 nitrogen and oxygen atoms in total. The van der Waals surface area contributed by atoms with Gasteiger partial charge in [-0.15, -0.1) is 0 Å². The molecule has 0 aliphatic carbocycles. The lowest BCUT2D eigenvalue weighted by molar-refractivity contribution is -0.172. The summed E-state index contributed by atoms with van der Waals surface area (Å²) in [6.45, 7) is 8.50. The van der Waals surface area contributed by atoms with Gasteiger partial charge in [-0.3, -0.25) is 0 Å². The second-order valence-corrected chi connectivity index (χ2v) is 3.96. The highest BCUT2D eigenvalue weighted by Crippen LogP contribution is 2.05. The Hall–Kier alpha value is -1.22. The van der Waals surface area contributed by atoms with Gasteiger partial charge in [-0.05, 0) is 0 Å². The van der Waals surface area contributed by atoms with Crippen LogP contribution in [-0.4, -0.2) is 67.0 Å². The van der Waals surface area contributed by atoms with Crippen LogP contribution in [0.25, 0.3) is 0 Å². The molecule has 0 saturated heterocycles. The normalized spacial score (nSPS) is 15.4. The maximum absolute atomic E-state index is 10.1. The van der Waals surface area contributed by atoms with Gasteiger partial charge in [0.25, 0.3) is 0 Å². The van der Waals surface area contributed by atoms with Gasteiger partial charge in [0.2, 0.25) is 0 Å². The fourth-order valence-electron chi connectivity index (χ4n) is 0.666. The molecule has 0 fully saturated rings. The molecule has 20 heavy (non-hydrogen) atoms. The Labute approximate surface area is 118 Å². The molecule has 0 amide bonds. The van der Waals surface area contributed by atoms with Gasteiger partial charge in [-0.1, -0.05) is 40.5 Å². The Balaban J connectivity index is -0.000000408. The van der Waals surface area contributed by atoms with Crippen LogP contribution in [-0.2, 0) is 9.59 Å². The Kier molecular flexibility index (Phi) is 16.9. The van der Waals surface area contributed by atoms with Gasteiger partial charge in [0.1, 0.15) is 12.2 Å². The van der Waals surface area contributed by atoms with Crippen molar-refractivity contribution in [2.24, 2.45) is 0 Å². The van der Waals surface area contributed by atoms with Crippen molar-refractivity contribution in [2.45, 2.75) is 65.0 Å². The molecule has 0 spiro atoms. The van der Waals surface area contributed by atoms with Crippen molar-refractivity contribution in [2.75, 3.05) is 0 Å². The molecule has 0 unspecified atom stereocenters. The molecule has 0 bridgehead atoms. The van der Waals surface area contributed by atoms with Crippen molar-refractivity contribution >= 4 is 11.9 Å². The van der Waals surface area contributed by atoms with E-state index in [0.29, 0.717) is 0 Å². The maximum Gasteiger partial charge on any atom is 0.335 e. The highest BCUT2D eigenvalue weighted by molar-refractivity contribution is 5.75. The zero-order valence-corrected chi connectivity index (χ0v) is 12.2. The summed E-state index contributed by atoms with van der Waals surface area (Å²) in [5.74, 6) is -3.68. The number of aliphatic hydroxyl groups is 4. The van der Waals surface area contributed by atoms with E-state index in [0.717, 1.165) is 0 Å². The molecule has 6 N–H and O–H groups in total. The van der Waals surface area contributed by atoms with Crippen LogP contribution < -0.4 is 0 Å². The summed E-state index contributed by atoms with van der Waals surface area (Å²) in [6.07, 6.45) is -6.78. The van der Waals surface area contributed by atoms with Gasteiger partial charge in [0, 0.05) is 0 Å². The average Bonchev–Trinajstić information content (AvgIpc) is 2.36. The van der Waals surface area contributed by atoms with Crippen molar-refractivity contribution in [1.29, 1.82) is 0 Å². The van der Waals surface area contributed by atoms with E-state index in [1.807, 2.05) is 0 Å². The van der Waals surface area contributed by atoms with Crippen molar-refractivity contribution in [3.05, 3.63) is 0 Å². The second kappa shape index (κ2) is 14.2. The van der Waals surface area contributed by atoms with Crippen LogP contribution >= 0.6 is 0 Å². The van der Waals surface area contributed by atoms with Crippen LogP contribution in [0.15, 0.2) is 0 Å². The fourth-order valence-corrected chi connectivity index (χ4v) is 0.666. The predicted octanol–water partition coefficient (Wildman–Crippen LogP) is -0.568. The molecular weight excluding hydrogens is 272 g/mol. The van der Waals surface area contributed by atoms with Gasteiger partial charge >= 0.3 is 11.9 Å². The number of hydrogen-bond acceptors (Lipinski definition) is 6. The van der Waals surface area contributed by atoms with Crippen LogP contribution in [0, 0.1) is 0 Å². The quantitative estimate of drug-likeness (QED) is 0.394. The van der Waals surface area contributed by atoms with Crippen molar-refractivity contribution < 1.29 is 40.2 Å². The maximum atomic E-state index is 10.1. The summed E-state index contributed by atoms with van der Waals surface area (Å²) in [4.78, 5) is 20.2. The molecule has 122 valence electrons. The molecule has 0 rings (SSSR count). The number of aliphatic carboxylic acids is 2. The summed E-state index contributed by atoms with van der Waals surface area (Å²) in [6, 6.07) is 0. The molecule has 8 heteroatoms. The monoisotopic (exact) mass is 298 g/mol. The highest BCUT2D eigenvalue weighted by atomic mass is 16.4. The first-order valence-corrected chi connectivity index (χ1v) is 6.29. The minimum atomic E-state index is -2.36. The smallest absolute Gasteiger partial charge is 0.335 e. The molecule has 0 aromatic heterocycles. The number of carboxylic acid groups (broad SMARTS) is 2. The molecule has 4 atom stereocenters. The summed E-state index contributed by atoms with van der Waals surface area (Å²) in [5.41, 5.74) is 0. The minimum absolute atomic E-state index is 1.25. The molecule has 0 aliphatic heterocycles. The first kappa shape index (κ1) is 23.8. The first-order chi connectivity index (χ1) is 9.11. The molecule has 0 aromatic carbocycles. The number of hydrogen-bond donors (Lipinski definition) is 6. The van der Waals surface area contributed by atoms with Gasteiger partial charge in [-0.25, -0.2) is 9.59 Å². The zero-order chi connectivity index (χ0) is 16.9. The third-order valence-electron chi connectivity index (χ3n) is 1.50. The molecule has 0 saturated carbocycles. The van der Waals surface area contributed by atoms with Gasteiger partial charge in [0.15, 0.2) is 12.2 Å². The zero-order valence-electron chi connectivity index (χ0n) is 12.2. The lowest BCUT2D eigenvalue weighted by atomic mass is 10.0. The van der Waals surface area contributed by atoms with Crippen molar-refractivity contribution in [3.8, 4) is 0 Å². The molecule has 0 aliphatic rings. The van der Waals surface area contributed by atoms with E-state index in [4.69, 9.17) is 30.6 Å². The van der Waals surface area contributed by atoms with Crippen LogP contribution in [0.5, 0.6) is 0 Å². The van der Waals surface area contributed by atoms with E-state index < -0.39 is 36.4 Å². The number of rotatable bonds is 5. The first-order valence-electron chi connectivity index (χ1n) is 6.29. The third-order valence-corrected chi connectivity index (χ3v) is 1.50. The minimum Gasteiger partial charge on any atom is -0.479 e. The van der Waals surface area contributed by atoms with Gasteiger partial charge < -0.3 is 30.6 Å². The number of aliphatic hydroxyl groups excluding tert-OH is 4. The summed E-state index contributed by atoms with van der Waals surface area (Å²) in [7, 11) is 0.